The Labute approximate surface area is 126 Å². The molecule has 0 aliphatic heterocycles. The van der Waals surface area contributed by atoms with Crippen molar-refractivity contribution in [1.29, 1.82) is 0 Å². The topological polar surface area (TPSA) is 78.9 Å². The monoisotopic (exact) mass is 302 g/mol. The minimum absolute atomic E-state index is 0.134. The summed E-state index contributed by atoms with van der Waals surface area (Å²) in [6.07, 6.45) is 1.25. The van der Waals surface area contributed by atoms with Gasteiger partial charge in [0, 0.05) is 0 Å². The van der Waals surface area contributed by atoms with E-state index in [0.717, 1.165) is 6.42 Å². The van der Waals surface area contributed by atoms with Crippen molar-refractivity contribution in [3.05, 3.63) is 0 Å². The van der Waals surface area contributed by atoms with Crippen LogP contribution in [0.3, 0.4) is 0 Å². The molecule has 6 nitrogen and oxygen atoms in total. The molecule has 0 unspecified atom stereocenters. The predicted octanol–water partition coefficient (Wildman–Crippen LogP) is 2.24. The minimum atomic E-state index is -1.60. The lowest BCUT2D eigenvalue weighted by atomic mass is 9.79. The second-order valence-electron chi connectivity index (χ2n) is 4.61. The molecule has 0 spiro atoms. The molecule has 0 aliphatic rings. The molecule has 0 aromatic carbocycles. The van der Waals surface area contributed by atoms with Gasteiger partial charge in [-0.2, -0.15) is 0 Å². The lowest BCUT2D eigenvalue weighted by molar-refractivity contribution is -0.177. The largest absolute Gasteiger partial charge is 0.466 e. The summed E-state index contributed by atoms with van der Waals surface area (Å²) in [6, 6.07) is 0. The number of hydrogen-bond donors (Lipinski definition) is 0. The second kappa shape index (κ2) is 10.2. The van der Waals surface area contributed by atoms with Crippen molar-refractivity contribution in [2.24, 2.45) is 5.41 Å². The third kappa shape index (κ3) is 5.73. The molecule has 0 saturated heterocycles. The standard InChI is InChI=1S/C15H26O6/c1-5-9-10-15(13(17)20-7-3,14(18)21-8-4)11-12(16)19-6-2/h5-11H2,1-4H3. The molecule has 0 aromatic rings. The highest BCUT2D eigenvalue weighted by atomic mass is 16.6. The average Bonchev–Trinajstić information content (AvgIpc) is 2.44. The molecule has 0 saturated carbocycles. The molecule has 0 aliphatic carbocycles. The molecule has 0 aromatic heterocycles. The first-order valence-electron chi connectivity index (χ1n) is 7.48. The van der Waals surface area contributed by atoms with Crippen LogP contribution in [-0.4, -0.2) is 37.7 Å². The Morgan fingerprint density at radius 1 is 0.810 bits per heavy atom. The fourth-order valence-electron chi connectivity index (χ4n) is 2.00. The van der Waals surface area contributed by atoms with Crippen LogP contribution < -0.4 is 0 Å². The summed E-state index contributed by atoms with van der Waals surface area (Å²) in [7, 11) is 0. The quantitative estimate of drug-likeness (QED) is 0.350. The van der Waals surface area contributed by atoms with Crippen molar-refractivity contribution in [3.8, 4) is 0 Å². The van der Waals surface area contributed by atoms with E-state index in [0.29, 0.717) is 6.42 Å². The number of unbranched alkanes of at least 4 members (excludes halogenated alkanes) is 1. The van der Waals surface area contributed by atoms with Gasteiger partial charge >= 0.3 is 17.9 Å². The highest BCUT2D eigenvalue weighted by Crippen LogP contribution is 2.33. The third-order valence-electron chi connectivity index (χ3n) is 3.04. The zero-order valence-electron chi connectivity index (χ0n) is 13.4. The first-order chi connectivity index (χ1) is 9.98. The predicted molar refractivity (Wildman–Crippen MR) is 76.5 cm³/mol. The Kier molecular flexibility index (Phi) is 9.41. The molecule has 0 rings (SSSR count). The van der Waals surface area contributed by atoms with Crippen molar-refractivity contribution < 1.29 is 28.6 Å². The molecule has 0 amide bonds. The zero-order chi connectivity index (χ0) is 16.3. The van der Waals surface area contributed by atoms with Crippen LogP contribution in [-0.2, 0) is 28.6 Å². The van der Waals surface area contributed by atoms with Gasteiger partial charge in [0.25, 0.3) is 0 Å². The molecule has 0 atom stereocenters. The van der Waals surface area contributed by atoms with Gasteiger partial charge in [-0.1, -0.05) is 19.8 Å². The van der Waals surface area contributed by atoms with Gasteiger partial charge in [-0.3, -0.25) is 14.4 Å². The van der Waals surface area contributed by atoms with Crippen molar-refractivity contribution in [3.63, 3.8) is 0 Å². The van der Waals surface area contributed by atoms with Gasteiger partial charge in [-0.05, 0) is 27.2 Å². The molecule has 21 heavy (non-hydrogen) atoms. The fourth-order valence-corrected chi connectivity index (χ4v) is 2.00. The van der Waals surface area contributed by atoms with E-state index in [1.165, 1.54) is 0 Å². The zero-order valence-corrected chi connectivity index (χ0v) is 13.4. The van der Waals surface area contributed by atoms with Gasteiger partial charge in [0.05, 0.1) is 26.2 Å². The SMILES string of the molecule is CCCCC(CC(=O)OCC)(C(=O)OCC)C(=O)OCC. The van der Waals surface area contributed by atoms with Crippen LogP contribution in [0.5, 0.6) is 0 Å². The van der Waals surface area contributed by atoms with Crippen molar-refractivity contribution in [2.45, 2.75) is 53.4 Å². The summed E-state index contributed by atoms with van der Waals surface area (Å²) in [4.78, 5) is 36.4. The van der Waals surface area contributed by atoms with E-state index < -0.39 is 23.3 Å². The molecule has 0 N–H and O–H groups in total. The van der Waals surface area contributed by atoms with Crippen LogP contribution in [0.2, 0.25) is 0 Å². The maximum Gasteiger partial charge on any atom is 0.324 e. The van der Waals surface area contributed by atoms with E-state index in [9.17, 15) is 14.4 Å². The Morgan fingerprint density at radius 3 is 1.67 bits per heavy atom. The summed E-state index contributed by atoms with van der Waals surface area (Å²) in [5, 5.41) is 0. The fraction of sp³-hybridized carbons (Fsp3) is 0.800. The minimum Gasteiger partial charge on any atom is -0.466 e. The number of carbonyl (C=O) groups excluding carboxylic acids is 3. The summed E-state index contributed by atoms with van der Waals surface area (Å²) >= 11 is 0. The Morgan fingerprint density at radius 2 is 1.29 bits per heavy atom. The third-order valence-corrected chi connectivity index (χ3v) is 3.04. The van der Waals surface area contributed by atoms with Crippen molar-refractivity contribution in [2.75, 3.05) is 19.8 Å². The first-order valence-corrected chi connectivity index (χ1v) is 7.48. The number of ether oxygens (including phenoxy) is 3. The highest BCUT2D eigenvalue weighted by molar-refractivity contribution is 6.03. The van der Waals surface area contributed by atoms with Gasteiger partial charge in [-0.15, -0.1) is 0 Å². The van der Waals surface area contributed by atoms with Crippen LogP contribution >= 0.6 is 0 Å². The Balaban J connectivity index is 5.42. The van der Waals surface area contributed by atoms with E-state index in [2.05, 4.69) is 0 Å². The molecular weight excluding hydrogens is 276 g/mol. The van der Waals surface area contributed by atoms with E-state index in [4.69, 9.17) is 14.2 Å². The molecule has 6 heteroatoms. The Bertz CT molecular complexity index is 332. The molecule has 0 fully saturated rings. The molecular formula is C15H26O6. The number of carbonyl (C=O) groups is 3. The molecule has 0 radical (unpaired) electrons. The second-order valence-corrected chi connectivity index (χ2v) is 4.61. The summed E-state index contributed by atoms with van der Waals surface area (Å²) in [5.74, 6) is -2.04. The van der Waals surface area contributed by atoms with E-state index >= 15 is 0 Å². The van der Waals surface area contributed by atoms with Gasteiger partial charge < -0.3 is 14.2 Å². The van der Waals surface area contributed by atoms with E-state index in [1.54, 1.807) is 20.8 Å². The maximum absolute atomic E-state index is 12.3. The molecule has 0 bridgehead atoms. The van der Waals surface area contributed by atoms with Crippen LogP contribution in [0.15, 0.2) is 0 Å². The maximum atomic E-state index is 12.3. The highest BCUT2D eigenvalue weighted by Gasteiger charge is 2.50. The van der Waals surface area contributed by atoms with E-state index in [1.807, 2.05) is 6.92 Å². The van der Waals surface area contributed by atoms with Crippen molar-refractivity contribution in [1.82, 2.24) is 0 Å². The normalized spacial score (nSPS) is 10.9. The number of hydrogen-bond acceptors (Lipinski definition) is 6. The summed E-state index contributed by atoms with van der Waals surface area (Å²) in [6.45, 7) is 7.36. The lowest BCUT2D eigenvalue weighted by Gasteiger charge is -2.28. The average molecular weight is 302 g/mol. The van der Waals surface area contributed by atoms with Gasteiger partial charge in [0.2, 0.25) is 0 Å². The van der Waals surface area contributed by atoms with Crippen molar-refractivity contribution >= 4 is 17.9 Å². The Hall–Kier alpha value is -1.59. The van der Waals surface area contributed by atoms with Gasteiger partial charge in [0.1, 0.15) is 0 Å². The number of rotatable bonds is 10. The molecule has 0 heterocycles. The first kappa shape index (κ1) is 19.4. The molecule has 122 valence electrons. The summed E-state index contributed by atoms with van der Waals surface area (Å²) < 4.78 is 14.9. The summed E-state index contributed by atoms with van der Waals surface area (Å²) in [5.41, 5.74) is -1.60. The van der Waals surface area contributed by atoms with Gasteiger partial charge in [-0.25, -0.2) is 0 Å². The van der Waals surface area contributed by atoms with Crippen LogP contribution in [0.25, 0.3) is 0 Å². The van der Waals surface area contributed by atoms with Gasteiger partial charge in [0.15, 0.2) is 5.41 Å². The van der Waals surface area contributed by atoms with Crippen LogP contribution in [0, 0.1) is 5.41 Å². The smallest absolute Gasteiger partial charge is 0.324 e. The lowest BCUT2D eigenvalue weighted by Crippen LogP contribution is -2.44. The number of esters is 3. The van der Waals surface area contributed by atoms with Crippen LogP contribution in [0.4, 0.5) is 0 Å². The van der Waals surface area contributed by atoms with E-state index in [-0.39, 0.29) is 32.7 Å². The van der Waals surface area contributed by atoms with Crippen LogP contribution in [0.1, 0.15) is 53.4 Å².